The van der Waals surface area contributed by atoms with E-state index in [4.69, 9.17) is 23.4 Å². The summed E-state index contributed by atoms with van der Waals surface area (Å²) in [4.78, 5) is 80.3. The fourth-order valence-corrected chi connectivity index (χ4v) is 9.36. The van der Waals surface area contributed by atoms with Crippen LogP contribution in [0.15, 0.2) is 34.7 Å². The average Bonchev–Trinajstić information content (AvgIpc) is 3.45. The van der Waals surface area contributed by atoms with Crippen molar-refractivity contribution >= 4 is 35.4 Å². The Morgan fingerprint density at radius 3 is 2.20 bits per heavy atom. The number of Topliss-reactive ketones (excluding diaryl/α,β-unsaturated/α-hetero) is 2. The highest BCUT2D eigenvalue weighted by molar-refractivity contribution is 6.13. The van der Waals surface area contributed by atoms with Gasteiger partial charge < -0.3 is 23.4 Å². The number of cyclic esters (lactones) is 1. The largest absolute Gasteiger partial charge is 0.472 e. The molecule has 238 valence electrons. The summed E-state index contributed by atoms with van der Waals surface area (Å²) in [7, 11) is 1.25. The first-order chi connectivity index (χ1) is 20.5. The molecule has 3 aliphatic carbocycles. The third kappa shape index (κ3) is 4.29. The highest BCUT2D eigenvalue weighted by atomic mass is 16.6. The minimum Gasteiger partial charge on any atom is -0.472 e. The Labute approximate surface area is 256 Å². The molecule has 2 heterocycles. The van der Waals surface area contributed by atoms with E-state index in [0.29, 0.717) is 11.1 Å². The summed E-state index contributed by atoms with van der Waals surface area (Å²) in [5.74, 6) is -5.54. The zero-order valence-corrected chi connectivity index (χ0v) is 26.4. The third-order valence-electron chi connectivity index (χ3n) is 11.0. The van der Waals surface area contributed by atoms with Crippen LogP contribution in [0, 0.1) is 39.4 Å². The van der Waals surface area contributed by atoms with E-state index >= 15 is 4.79 Å². The van der Waals surface area contributed by atoms with Gasteiger partial charge in [-0.3, -0.25) is 28.8 Å². The van der Waals surface area contributed by atoms with Gasteiger partial charge in [-0.25, -0.2) is 0 Å². The number of esters is 4. The lowest BCUT2D eigenvalue weighted by Crippen LogP contribution is -2.74. The number of rotatable bonds is 6. The average molecular weight is 613 g/mol. The van der Waals surface area contributed by atoms with Gasteiger partial charge >= 0.3 is 23.9 Å². The second kappa shape index (κ2) is 10.4. The van der Waals surface area contributed by atoms with E-state index in [1.54, 1.807) is 32.9 Å². The van der Waals surface area contributed by atoms with E-state index in [1.165, 1.54) is 40.4 Å². The Morgan fingerprint density at radius 2 is 1.66 bits per heavy atom. The smallest absolute Gasteiger partial charge is 0.307 e. The van der Waals surface area contributed by atoms with Crippen molar-refractivity contribution in [1.82, 2.24) is 0 Å². The molecule has 0 N–H and O–H groups in total. The summed E-state index contributed by atoms with van der Waals surface area (Å²) in [6.45, 7) is 11.0. The first-order valence-electron chi connectivity index (χ1n) is 14.9. The fourth-order valence-electron chi connectivity index (χ4n) is 9.36. The predicted molar refractivity (Wildman–Crippen MR) is 151 cm³/mol. The van der Waals surface area contributed by atoms with Gasteiger partial charge in [-0.2, -0.15) is 0 Å². The number of hydrogen-bond acceptors (Lipinski definition) is 11. The van der Waals surface area contributed by atoms with E-state index in [2.05, 4.69) is 0 Å². The summed E-state index contributed by atoms with van der Waals surface area (Å²) in [5.41, 5.74) is -4.16. The van der Waals surface area contributed by atoms with Crippen molar-refractivity contribution in [3.8, 4) is 0 Å². The molecule has 11 heteroatoms. The highest BCUT2D eigenvalue weighted by Gasteiger charge is 2.76. The Hall–Kier alpha value is -3.76. The van der Waals surface area contributed by atoms with Gasteiger partial charge in [0.25, 0.3) is 0 Å². The van der Waals surface area contributed by atoms with Crippen LogP contribution in [0.25, 0.3) is 0 Å². The van der Waals surface area contributed by atoms with Crippen LogP contribution in [-0.4, -0.2) is 54.8 Å². The molecule has 0 unspecified atom stereocenters. The zero-order chi connectivity index (χ0) is 32.6. The molecule has 0 spiro atoms. The lowest BCUT2D eigenvalue weighted by Gasteiger charge is -2.67. The van der Waals surface area contributed by atoms with Gasteiger partial charge in [0.2, 0.25) is 0 Å². The molecule has 5 rings (SSSR count). The summed E-state index contributed by atoms with van der Waals surface area (Å²) in [5, 5.41) is 0. The van der Waals surface area contributed by atoms with E-state index < -0.39 is 93.2 Å². The van der Waals surface area contributed by atoms with Crippen molar-refractivity contribution in [2.45, 2.75) is 86.0 Å². The lowest BCUT2D eigenvalue weighted by atomic mass is 9.36. The monoisotopic (exact) mass is 612 g/mol. The van der Waals surface area contributed by atoms with Crippen molar-refractivity contribution in [3.63, 3.8) is 0 Å². The predicted octanol–water partition coefficient (Wildman–Crippen LogP) is 4.08. The molecule has 9 atom stereocenters. The molecular weight excluding hydrogens is 572 g/mol. The molecule has 0 amide bonds. The normalized spacial score (nSPS) is 38.7. The minimum atomic E-state index is -1.92. The molecule has 2 saturated carbocycles. The third-order valence-corrected chi connectivity index (χ3v) is 11.0. The fraction of sp³-hybridized carbons (Fsp3) is 0.636. The molecular formula is C33H40O11. The standard InChI is InChI=1S/C33H40O11/c1-16(34)33-13-20-21-11-25(38)44-27(19-9-10-41-15-19)31(21,6)14-22(42-17(2)35)26(20)32(7,28(33)39)23(12-24(37)40-8)30(4,5)29(33)43-18(3)36/h9-10,13,15,21-23,26-27,29H,11-12,14H2,1-8H3/t21-,22+,23-,26+,27-,29-,31+,32-,33-/m0/s1. The summed E-state index contributed by atoms with van der Waals surface area (Å²) >= 11 is 0. The quantitative estimate of drug-likeness (QED) is 0.198. The molecule has 1 saturated heterocycles. The van der Waals surface area contributed by atoms with Gasteiger partial charge in [0.05, 0.1) is 26.1 Å². The van der Waals surface area contributed by atoms with Crippen molar-refractivity contribution < 1.29 is 52.1 Å². The number of carbonyl (C=O) groups excluding carboxylic acids is 6. The minimum absolute atomic E-state index is 0.0540. The second-order valence-corrected chi connectivity index (χ2v) is 13.8. The van der Waals surface area contributed by atoms with Gasteiger partial charge in [-0.05, 0) is 25.3 Å². The highest BCUT2D eigenvalue weighted by Crippen LogP contribution is 2.71. The zero-order valence-electron chi connectivity index (χ0n) is 26.4. The van der Waals surface area contributed by atoms with Crippen LogP contribution in [0.3, 0.4) is 0 Å². The molecule has 3 fully saturated rings. The maximum Gasteiger partial charge on any atom is 0.307 e. The van der Waals surface area contributed by atoms with Crippen molar-refractivity contribution in [3.05, 3.63) is 35.8 Å². The molecule has 1 aromatic heterocycles. The Morgan fingerprint density at radius 1 is 1.00 bits per heavy atom. The number of hydrogen-bond donors (Lipinski definition) is 0. The molecule has 44 heavy (non-hydrogen) atoms. The van der Waals surface area contributed by atoms with Crippen LogP contribution in [-0.2, 0) is 47.7 Å². The summed E-state index contributed by atoms with van der Waals surface area (Å²) in [6, 6.07) is 1.70. The van der Waals surface area contributed by atoms with Crippen molar-refractivity contribution in [2.24, 2.45) is 39.4 Å². The first kappa shape index (κ1) is 31.7. The number of ketones is 2. The van der Waals surface area contributed by atoms with E-state index in [9.17, 15) is 24.0 Å². The molecule has 4 aliphatic rings. The molecule has 1 aliphatic heterocycles. The second-order valence-electron chi connectivity index (χ2n) is 13.8. The maximum absolute atomic E-state index is 15.0. The van der Waals surface area contributed by atoms with Crippen LogP contribution < -0.4 is 0 Å². The molecule has 2 bridgehead atoms. The Bertz CT molecular complexity index is 1450. The maximum atomic E-state index is 15.0. The van der Waals surface area contributed by atoms with Gasteiger partial charge in [0.15, 0.2) is 11.6 Å². The van der Waals surface area contributed by atoms with Crippen LogP contribution in [0.4, 0.5) is 0 Å². The first-order valence-corrected chi connectivity index (χ1v) is 14.9. The van der Waals surface area contributed by atoms with Crippen LogP contribution >= 0.6 is 0 Å². The number of furan rings is 1. The molecule has 0 aromatic carbocycles. The van der Waals surface area contributed by atoms with Gasteiger partial charge in [-0.15, -0.1) is 0 Å². The number of fused-ring (bicyclic) bond motifs is 6. The van der Waals surface area contributed by atoms with Gasteiger partial charge in [-0.1, -0.05) is 39.3 Å². The van der Waals surface area contributed by atoms with E-state index in [-0.39, 0.29) is 19.3 Å². The van der Waals surface area contributed by atoms with Crippen LogP contribution in [0.2, 0.25) is 0 Å². The lowest BCUT2D eigenvalue weighted by molar-refractivity contribution is -0.221. The molecule has 1 aromatic rings. The Balaban J connectivity index is 1.86. The van der Waals surface area contributed by atoms with Crippen molar-refractivity contribution in [2.75, 3.05) is 7.11 Å². The SMILES string of the molecule is COC(=O)C[C@H]1C(C)(C)[C@H](OC(C)=O)[C@]2(C(C)=O)C=C3[C@H]([C@H](OC(C)=O)C[C@]4(C)[C@H]3CC(=O)O[C@H]4c3ccoc3)[C@@]1(C)C2=O. The van der Waals surface area contributed by atoms with Gasteiger partial charge in [0, 0.05) is 53.9 Å². The number of ether oxygens (including phenoxy) is 4. The van der Waals surface area contributed by atoms with Crippen LogP contribution in [0.5, 0.6) is 0 Å². The Kier molecular flexibility index (Phi) is 7.49. The summed E-state index contributed by atoms with van der Waals surface area (Å²) < 4.78 is 28.2. The van der Waals surface area contributed by atoms with E-state index in [0.717, 1.165) is 0 Å². The van der Waals surface area contributed by atoms with E-state index in [1.807, 2.05) is 6.92 Å². The molecule has 0 radical (unpaired) electrons. The van der Waals surface area contributed by atoms with Crippen molar-refractivity contribution in [1.29, 1.82) is 0 Å². The molecule has 11 nitrogen and oxygen atoms in total. The van der Waals surface area contributed by atoms with Gasteiger partial charge in [0.1, 0.15) is 23.7 Å². The topological polar surface area (TPSA) is 152 Å². The number of methoxy groups -OCH3 is 1. The number of carbonyl (C=O) groups is 6. The summed E-state index contributed by atoms with van der Waals surface area (Å²) in [6.07, 6.45) is 1.57. The van der Waals surface area contributed by atoms with Crippen LogP contribution in [0.1, 0.15) is 79.4 Å².